The van der Waals surface area contributed by atoms with E-state index in [2.05, 4.69) is 9.80 Å². The zero-order valence-electron chi connectivity index (χ0n) is 11.3. The Morgan fingerprint density at radius 1 is 1.39 bits per heavy atom. The number of thiophene rings is 1. The van der Waals surface area contributed by atoms with Crippen LogP contribution in [-0.2, 0) is 0 Å². The molecule has 1 aliphatic heterocycles. The van der Waals surface area contributed by atoms with Gasteiger partial charge in [-0.15, -0.1) is 11.3 Å². The van der Waals surface area contributed by atoms with Gasteiger partial charge in [-0.25, -0.2) is 0 Å². The molecule has 0 saturated carbocycles. The number of hydrogen-bond donors (Lipinski definition) is 0. The first-order valence-electron chi connectivity index (χ1n) is 6.65. The summed E-state index contributed by atoms with van der Waals surface area (Å²) in [6.45, 7) is 7.10. The summed E-state index contributed by atoms with van der Waals surface area (Å²) in [4.78, 5) is 18.7. The molecule has 3 nitrogen and oxygen atoms in total. The average molecular weight is 266 g/mol. The Kier molecular flexibility index (Phi) is 4.92. The summed E-state index contributed by atoms with van der Waals surface area (Å²) in [5.74, 6) is 0.247. The molecule has 0 bridgehead atoms. The topological polar surface area (TPSA) is 23.6 Å². The minimum absolute atomic E-state index is 0.247. The Morgan fingerprint density at radius 3 is 2.72 bits per heavy atom. The minimum Gasteiger partial charge on any atom is -0.302 e. The second kappa shape index (κ2) is 6.45. The molecule has 0 amide bonds. The van der Waals surface area contributed by atoms with Gasteiger partial charge in [0.1, 0.15) is 0 Å². The molecule has 0 spiro atoms. The lowest BCUT2D eigenvalue weighted by atomic mass is 10.3. The third kappa shape index (κ3) is 3.90. The first-order chi connectivity index (χ1) is 8.65. The summed E-state index contributed by atoms with van der Waals surface area (Å²) in [7, 11) is 2.04. The number of aryl methyl sites for hydroxylation is 1. The number of carbonyl (C=O) groups excluding carboxylic acids is 1. The van der Waals surface area contributed by atoms with Gasteiger partial charge in [0.15, 0.2) is 5.78 Å². The number of nitrogens with zero attached hydrogens (tertiary/aromatic N) is 2. The van der Waals surface area contributed by atoms with Gasteiger partial charge in [-0.2, -0.15) is 0 Å². The number of likely N-dealkylation sites (tertiary alicyclic amines) is 1. The second-order valence-corrected chi connectivity index (χ2v) is 6.41. The summed E-state index contributed by atoms with van der Waals surface area (Å²) in [5, 5.41) is 0. The van der Waals surface area contributed by atoms with Gasteiger partial charge in [-0.3, -0.25) is 9.69 Å². The van der Waals surface area contributed by atoms with E-state index in [0.717, 1.165) is 18.0 Å². The molecule has 2 heterocycles. The van der Waals surface area contributed by atoms with Gasteiger partial charge in [-0.1, -0.05) is 0 Å². The van der Waals surface area contributed by atoms with E-state index < -0.39 is 0 Å². The van der Waals surface area contributed by atoms with Crippen LogP contribution in [0.25, 0.3) is 0 Å². The molecule has 0 aliphatic carbocycles. The van der Waals surface area contributed by atoms with Gasteiger partial charge in [0.25, 0.3) is 0 Å². The van der Waals surface area contributed by atoms with Crippen molar-refractivity contribution in [3.63, 3.8) is 0 Å². The number of ketones is 1. The summed E-state index contributed by atoms with van der Waals surface area (Å²) in [5.41, 5.74) is 0. The molecule has 1 saturated heterocycles. The molecule has 1 aromatic rings. The van der Waals surface area contributed by atoms with Crippen LogP contribution in [0, 0.1) is 6.92 Å². The fourth-order valence-electron chi connectivity index (χ4n) is 2.30. The van der Waals surface area contributed by atoms with Gasteiger partial charge < -0.3 is 4.90 Å². The highest BCUT2D eigenvalue weighted by Gasteiger charge is 2.14. The lowest BCUT2D eigenvalue weighted by Crippen LogP contribution is -2.34. The highest BCUT2D eigenvalue weighted by molar-refractivity contribution is 7.14. The Morgan fingerprint density at radius 2 is 2.11 bits per heavy atom. The molecule has 100 valence electrons. The number of hydrogen-bond acceptors (Lipinski definition) is 4. The van der Waals surface area contributed by atoms with Crippen LogP contribution in [0.5, 0.6) is 0 Å². The third-order valence-electron chi connectivity index (χ3n) is 3.43. The third-order valence-corrected chi connectivity index (χ3v) is 4.47. The zero-order valence-corrected chi connectivity index (χ0v) is 12.1. The SMILES string of the molecule is Cc1ccc(C(=O)CN(C)CCN2CCCC2)s1. The molecule has 1 aliphatic rings. The van der Waals surface area contributed by atoms with Gasteiger partial charge in [-0.05, 0) is 52.0 Å². The highest BCUT2D eigenvalue weighted by atomic mass is 32.1. The molecule has 1 fully saturated rings. The van der Waals surface area contributed by atoms with E-state index in [4.69, 9.17) is 0 Å². The molecule has 4 heteroatoms. The number of Topliss-reactive ketones (excluding diaryl/α,β-unsaturated/α-hetero) is 1. The van der Waals surface area contributed by atoms with Crippen molar-refractivity contribution >= 4 is 17.1 Å². The largest absolute Gasteiger partial charge is 0.302 e. The Bertz CT molecular complexity index is 396. The fourth-order valence-corrected chi connectivity index (χ4v) is 3.10. The van der Waals surface area contributed by atoms with Crippen LogP contribution < -0.4 is 0 Å². The minimum atomic E-state index is 0.247. The van der Waals surface area contributed by atoms with Crippen LogP contribution in [0.1, 0.15) is 27.4 Å². The van der Waals surface area contributed by atoms with Gasteiger partial charge in [0.05, 0.1) is 11.4 Å². The fraction of sp³-hybridized carbons (Fsp3) is 0.643. The van der Waals surface area contributed by atoms with Crippen LogP contribution in [0.2, 0.25) is 0 Å². The molecule has 0 unspecified atom stereocenters. The first-order valence-corrected chi connectivity index (χ1v) is 7.47. The monoisotopic (exact) mass is 266 g/mol. The molecule has 0 atom stereocenters. The number of carbonyl (C=O) groups is 1. The van der Waals surface area contributed by atoms with Gasteiger partial charge in [0, 0.05) is 18.0 Å². The quantitative estimate of drug-likeness (QED) is 0.738. The van der Waals surface area contributed by atoms with Crippen molar-refractivity contribution in [1.82, 2.24) is 9.80 Å². The highest BCUT2D eigenvalue weighted by Crippen LogP contribution is 2.15. The van der Waals surface area contributed by atoms with Crippen LogP contribution >= 0.6 is 11.3 Å². The molecule has 0 aromatic carbocycles. The molecule has 1 aromatic heterocycles. The van der Waals surface area contributed by atoms with Gasteiger partial charge >= 0.3 is 0 Å². The summed E-state index contributed by atoms with van der Waals surface area (Å²) in [6.07, 6.45) is 2.66. The van der Waals surface area contributed by atoms with Crippen molar-refractivity contribution in [1.29, 1.82) is 0 Å². The van der Waals surface area contributed by atoms with E-state index in [9.17, 15) is 4.79 Å². The van der Waals surface area contributed by atoms with E-state index >= 15 is 0 Å². The standard InChI is InChI=1S/C14H22N2OS/c1-12-5-6-14(18-12)13(17)11-15(2)9-10-16-7-3-4-8-16/h5-6H,3-4,7-11H2,1-2H3. The Labute approximate surface area is 113 Å². The van der Waals surface area contributed by atoms with Crippen molar-refractivity contribution in [2.45, 2.75) is 19.8 Å². The maximum absolute atomic E-state index is 12.0. The van der Waals surface area contributed by atoms with Crippen molar-refractivity contribution in [3.05, 3.63) is 21.9 Å². The molecular weight excluding hydrogens is 244 g/mol. The summed E-state index contributed by atoms with van der Waals surface area (Å²) < 4.78 is 0. The Hall–Kier alpha value is -0.710. The van der Waals surface area contributed by atoms with Crippen LogP contribution in [0.3, 0.4) is 0 Å². The molecular formula is C14H22N2OS. The van der Waals surface area contributed by atoms with Crippen molar-refractivity contribution < 1.29 is 4.79 Å². The van der Waals surface area contributed by atoms with E-state index in [1.807, 2.05) is 26.1 Å². The van der Waals surface area contributed by atoms with Gasteiger partial charge in [0.2, 0.25) is 0 Å². The molecule has 0 N–H and O–H groups in total. The van der Waals surface area contributed by atoms with E-state index in [-0.39, 0.29) is 5.78 Å². The maximum atomic E-state index is 12.0. The summed E-state index contributed by atoms with van der Waals surface area (Å²) in [6, 6.07) is 3.96. The van der Waals surface area contributed by atoms with Crippen LogP contribution in [0.4, 0.5) is 0 Å². The van der Waals surface area contributed by atoms with Crippen LogP contribution in [-0.4, -0.2) is 55.4 Å². The molecule has 2 rings (SSSR count). The Balaban J connectivity index is 1.73. The maximum Gasteiger partial charge on any atom is 0.186 e. The van der Waals surface area contributed by atoms with E-state index in [1.54, 1.807) is 11.3 Å². The predicted octanol–water partition coefficient (Wildman–Crippen LogP) is 2.27. The number of likely N-dealkylation sites (N-methyl/N-ethyl adjacent to an activating group) is 1. The second-order valence-electron chi connectivity index (χ2n) is 5.12. The smallest absolute Gasteiger partial charge is 0.186 e. The average Bonchev–Trinajstić information content (AvgIpc) is 2.97. The lowest BCUT2D eigenvalue weighted by molar-refractivity contribution is 0.0945. The zero-order chi connectivity index (χ0) is 13.0. The van der Waals surface area contributed by atoms with E-state index in [1.165, 1.54) is 30.8 Å². The van der Waals surface area contributed by atoms with Crippen molar-refractivity contribution in [3.8, 4) is 0 Å². The first kappa shape index (κ1) is 13.7. The van der Waals surface area contributed by atoms with Crippen molar-refractivity contribution in [2.24, 2.45) is 0 Å². The normalized spacial score (nSPS) is 16.6. The van der Waals surface area contributed by atoms with Crippen molar-refractivity contribution in [2.75, 3.05) is 39.8 Å². The predicted molar refractivity (Wildman–Crippen MR) is 76.6 cm³/mol. The number of rotatable bonds is 6. The molecule has 18 heavy (non-hydrogen) atoms. The lowest BCUT2D eigenvalue weighted by Gasteiger charge is -2.20. The summed E-state index contributed by atoms with van der Waals surface area (Å²) >= 11 is 1.59. The molecule has 0 radical (unpaired) electrons. The van der Waals surface area contributed by atoms with Crippen LogP contribution in [0.15, 0.2) is 12.1 Å². The van der Waals surface area contributed by atoms with E-state index in [0.29, 0.717) is 6.54 Å².